The summed E-state index contributed by atoms with van der Waals surface area (Å²) in [4.78, 5) is 37.0. The van der Waals surface area contributed by atoms with Crippen molar-refractivity contribution in [1.29, 1.82) is 0 Å². The first-order valence-electron chi connectivity index (χ1n) is 9.36. The molecule has 2 amide bonds. The number of hydrogen-bond acceptors (Lipinski definition) is 7. The summed E-state index contributed by atoms with van der Waals surface area (Å²) in [7, 11) is 0. The van der Waals surface area contributed by atoms with Gasteiger partial charge in [-0.05, 0) is 24.6 Å². The number of rotatable bonds is 5. The van der Waals surface area contributed by atoms with Gasteiger partial charge in [0.2, 0.25) is 5.91 Å². The normalized spacial score (nSPS) is 16.9. The van der Waals surface area contributed by atoms with Crippen LogP contribution in [0.25, 0.3) is 10.9 Å². The van der Waals surface area contributed by atoms with Gasteiger partial charge in [0, 0.05) is 36.5 Å². The fourth-order valence-corrected chi connectivity index (χ4v) is 4.26. The van der Waals surface area contributed by atoms with E-state index in [4.69, 9.17) is 22.1 Å². The molecule has 1 atom stereocenters. The van der Waals surface area contributed by atoms with Gasteiger partial charge >= 0.3 is 0 Å². The highest BCUT2D eigenvalue weighted by molar-refractivity contribution is 7.14. The Bertz CT molecular complexity index is 1100. The number of ether oxygens (including phenoxy) is 1. The van der Waals surface area contributed by atoms with E-state index in [1.807, 2.05) is 18.2 Å². The van der Waals surface area contributed by atoms with Crippen LogP contribution in [0.3, 0.4) is 0 Å². The molecule has 2 aromatic heterocycles. The van der Waals surface area contributed by atoms with Crippen LogP contribution in [-0.2, 0) is 16.1 Å². The number of aromatic nitrogens is 2. The largest absolute Gasteiger partial charge is 0.483 e. The number of fused-ring (bicyclic) bond motifs is 1. The topological polar surface area (TPSA) is 102 Å². The zero-order valence-electron chi connectivity index (χ0n) is 16.2. The highest BCUT2D eigenvalue weighted by Crippen LogP contribution is 2.26. The predicted molar refractivity (Wildman–Crippen MR) is 115 cm³/mol. The van der Waals surface area contributed by atoms with Gasteiger partial charge in [0.05, 0.1) is 9.85 Å². The molecule has 0 radical (unpaired) electrons. The molecule has 30 heavy (non-hydrogen) atoms. The molecule has 1 saturated heterocycles. The summed E-state index contributed by atoms with van der Waals surface area (Å²) in [6.45, 7) is 2.94. The highest BCUT2D eigenvalue weighted by atomic mass is 35.5. The van der Waals surface area contributed by atoms with E-state index in [1.165, 1.54) is 17.7 Å². The van der Waals surface area contributed by atoms with Gasteiger partial charge in [0.25, 0.3) is 5.91 Å². The summed E-state index contributed by atoms with van der Waals surface area (Å²) in [5.41, 5.74) is 7.55. The molecule has 0 spiro atoms. The maximum atomic E-state index is 12.9. The van der Waals surface area contributed by atoms with Crippen LogP contribution in [0.15, 0.2) is 36.0 Å². The van der Waals surface area contributed by atoms with Crippen LogP contribution in [0.5, 0.6) is 5.75 Å². The molecule has 1 aromatic carbocycles. The zero-order chi connectivity index (χ0) is 21.3. The second-order valence-corrected chi connectivity index (χ2v) is 8.55. The average Bonchev–Trinajstić information content (AvgIpc) is 3.15. The molecule has 4 rings (SSSR count). The van der Waals surface area contributed by atoms with Crippen molar-refractivity contribution in [2.75, 3.05) is 25.4 Å². The molecule has 8 nitrogen and oxygen atoms in total. The standard InChI is InChI=1S/C20H20ClN5O3S/c1-12-20(28)25(8-13-2-3-15-16(6-13)23-11-24-19(15)22)4-5-26(12)18(27)9-29-14-7-17(21)30-10-14/h2-3,6-7,10-12H,4-5,8-9H2,1H3,(H2,22,23,24). The number of piperazine rings is 1. The molecule has 1 fully saturated rings. The van der Waals surface area contributed by atoms with Gasteiger partial charge in [-0.1, -0.05) is 17.7 Å². The third kappa shape index (κ3) is 4.17. The molecule has 0 saturated carbocycles. The lowest BCUT2D eigenvalue weighted by molar-refractivity contribution is -0.152. The summed E-state index contributed by atoms with van der Waals surface area (Å²) in [5.74, 6) is 0.651. The minimum atomic E-state index is -0.556. The lowest BCUT2D eigenvalue weighted by Crippen LogP contribution is -2.58. The number of nitrogens with zero attached hydrogens (tertiary/aromatic N) is 4. The van der Waals surface area contributed by atoms with E-state index in [-0.39, 0.29) is 18.4 Å². The van der Waals surface area contributed by atoms with Crippen LogP contribution in [-0.4, -0.2) is 57.3 Å². The number of carbonyl (C=O) groups is 2. The van der Waals surface area contributed by atoms with Crippen LogP contribution in [0.4, 0.5) is 5.82 Å². The van der Waals surface area contributed by atoms with E-state index >= 15 is 0 Å². The van der Waals surface area contributed by atoms with Crippen molar-refractivity contribution < 1.29 is 14.3 Å². The van der Waals surface area contributed by atoms with Crippen LogP contribution in [0.2, 0.25) is 4.34 Å². The molecule has 0 bridgehead atoms. The number of anilines is 1. The van der Waals surface area contributed by atoms with E-state index in [9.17, 15) is 9.59 Å². The van der Waals surface area contributed by atoms with Crippen molar-refractivity contribution in [2.24, 2.45) is 0 Å². The van der Waals surface area contributed by atoms with Gasteiger partial charge in [-0.25, -0.2) is 9.97 Å². The summed E-state index contributed by atoms with van der Waals surface area (Å²) >= 11 is 7.20. The number of nitrogen functional groups attached to an aromatic ring is 1. The summed E-state index contributed by atoms with van der Waals surface area (Å²) in [6.07, 6.45) is 1.42. The Kier molecular flexibility index (Phi) is 5.74. The predicted octanol–water partition coefficient (Wildman–Crippen LogP) is 2.57. The Labute approximate surface area is 182 Å². The molecule has 3 heterocycles. The molecule has 0 aliphatic carbocycles. The maximum Gasteiger partial charge on any atom is 0.261 e. The number of carbonyl (C=O) groups excluding carboxylic acids is 2. The minimum Gasteiger partial charge on any atom is -0.483 e. The van der Waals surface area contributed by atoms with Crippen LogP contribution in [0, 0.1) is 0 Å². The van der Waals surface area contributed by atoms with Crippen LogP contribution >= 0.6 is 22.9 Å². The molecule has 10 heteroatoms. The van der Waals surface area contributed by atoms with Gasteiger partial charge in [-0.3, -0.25) is 9.59 Å². The summed E-state index contributed by atoms with van der Waals surface area (Å²) < 4.78 is 6.08. The average molecular weight is 446 g/mol. The van der Waals surface area contributed by atoms with Gasteiger partial charge in [-0.15, -0.1) is 11.3 Å². The van der Waals surface area contributed by atoms with Crippen molar-refractivity contribution in [3.8, 4) is 5.75 Å². The maximum absolute atomic E-state index is 12.9. The van der Waals surface area contributed by atoms with E-state index in [2.05, 4.69) is 9.97 Å². The number of hydrogen-bond donors (Lipinski definition) is 1. The number of benzene rings is 1. The van der Waals surface area contributed by atoms with E-state index in [0.29, 0.717) is 35.5 Å². The van der Waals surface area contributed by atoms with Crippen molar-refractivity contribution in [2.45, 2.75) is 19.5 Å². The molecule has 1 aliphatic rings. The minimum absolute atomic E-state index is 0.101. The zero-order valence-corrected chi connectivity index (χ0v) is 17.8. The SMILES string of the molecule is CC1C(=O)N(Cc2ccc3c(N)ncnc3c2)CCN1C(=O)COc1csc(Cl)c1. The monoisotopic (exact) mass is 445 g/mol. The molecular weight excluding hydrogens is 426 g/mol. The van der Waals surface area contributed by atoms with Gasteiger partial charge in [-0.2, -0.15) is 0 Å². The van der Waals surface area contributed by atoms with Crippen molar-refractivity contribution in [1.82, 2.24) is 19.8 Å². The second-order valence-electron chi connectivity index (χ2n) is 7.01. The Balaban J connectivity index is 1.39. The third-order valence-electron chi connectivity index (χ3n) is 5.08. The van der Waals surface area contributed by atoms with Gasteiger partial charge < -0.3 is 20.3 Å². The molecule has 1 aliphatic heterocycles. The smallest absolute Gasteiger partial charge is 0.261 e. The van der Waals surface area contributed by atoms with E-state index in [0.717, 1.165) is 16.5 Å². The Morgan fingerprint density at radius 1 is 1.33 bits per heavy atom. The second kappa shape index (κ2) is 8.45. The summed E-state index contributed by atoms with van der Waals surface area (Å²) in [5, 5.41) is 2.52. The molecule has 3 aromatic rings. The van der Waals surface area contributed by atoms with E-state index in [1.54, 1.807) is 28.2 Å². The van der Waals surface area contributed by atoms with Crippen molar-refractivity contribution in [3.05, 3.63) is 45.9 Å². The Hall–Kier alpha value is -2.91. The quantitative estimate of drug-likeness (QED) is 0.647. The Morgan fingerprint density at radius 3 is 2.93 bits per heavy atom. The molecular formula is C20H20ClN5O3S. The lowest BCUT2D eigenvalue weighted by atomic mass is 10.1. The molecule has 1 unspecified atom stereocenters. The third-order valence-corrected chi connectivity index (χ3v) is 6.15. The lowest BCUT2D eigenvalue weighted by Gasteiger charge is -2.39. The van der Waals surface area contributed by atoms with Crippen molar-refractivity contribution in [3.63, 3.8) is 0 Å². The highest BCUT2D eigenvalue weighted by Gasteiger charge is 2.34. The van der Waals surface area contributed by atoms with Crippen LogP contribution < -0.4 is 10.5 Å². The number of amides is 2. The fraction of sp³-hybridized carbons (Fsp3) is 0.300. The summed E-state index contributed by atoms with van der Waals surface area (Å²) in [6, 6.07) is 6.79. The van der Waals surface area contributed by atoms with E-state index < -0.39 is 6.04 Å². The fourth-order valence-electron chi connectivity index (χ4n) is 3.47. The van der Waals surface area contributed by atoms with Gasteiger partial charge in [0.15, 0.2) is 6.61 Å². The number of thiophene rings is 1. The first-order valence-corrected chi connectivity index (χ1v) is 10.6. The van der Waals surface area contributed by atoms with Crippen LogP contribution in [0.1, 0.15) is 12.5 Å². The number of nitrogens with two attached hydrogens (primary N) is 1. The molecule has 2 N–H and O–H groups in total. The van der Waals surface area contributed by atoms with Crippen molar-refractivity contribution >= 4 is 51.5 Å². The first-order chi connectivity index (χ1) is 14.4. The number of halogens is 1. The molecule has 156 valence electrons. The van der Waals surface area contributed by atoms with Gasteiger partial charge in [0.1, 0.15) is 23.9 Å². The first kappa shape index (κ1) is 20.4. The Morgan fingerprint density at radius 2 is 2.17 bits per heavy atom.